The van der Waals surface area contributed by atoms with Crippen LogP contribution in [0.1, 0.15) is 36.8 Å². The predicted molar refractivity (Wildman–Crippen MR) is 98.8 cm³/mol. The maximum atomic E-state index is 12.5. The molecule has 1 aliphatic heterocycles. The summed E-state index contributed by atoms with van der Waals surface area (Å²) in [5.41, 5.74) is 1.90. The Bertz CT molecular complexity index is 774. The average Bonchev–Trinajstić information content (AvgIpc) is 3.20. The number of hydrogen-bond donors (Lipinski definition) is 1. The van der Waals surface area contributed by atoms with Gasteiger partial charge in [-0.3, -0.25) is 9.59 Å². The quantitative estimate of drug-likeness (QED) is 0.860. The smallest absolute Gasteiger partial charge is 0.231 e. The summed E-state index contributed by atoms with van der Waals surface area (Å²) in [7, 11) is 0. The van der Waals surface area contributed by atoms with E-state index in [2.05, 4.69) is 22.4 Å². The van der Waals surface area contributed by atoms with Crippen LogP contribution in [0.5, 0.6) is 0 Å². The molecule has 1 N–H and O–H groups in total. The summed E-state index contributed by atoms with van der Waals surface area (Å²) in [6.07, 6.45) is 3.26. The Hall–Kier alpha value is -2.28. The summed E-state index contributed by atoms with van der Waals surface area (Å²) in [4.78, 5) is 26.5. The van der Waals surface area contributed by atoms with Crippen LogP contribution in [0.4, 0.5) is 10.8 Å². The number of nitrogens with zero attached hydrogens (tertiary/aromatic N) is 3. The number of carbonyl (C=O) groups excluding carboxylic acids is 2. The van der Waals surface area contributed by atoms with E-state index in [1.165, 1.54) is 11.3 Å². The van der Waals surface area contributed by atoms with Crippen LogP contribution in [0.25, 0.3) is 0 Å². The number of aromatic nitrogens is 2. The van der Waals surface area contributed by atoms with Crippen LogP contribution in [0.15, 0.2) is 24.3 Å². The molecule has 3 rings (SSSR count). The van der Waals surface area contributed by atoms with Gasteiger partial charge in [0.15, 0.2) is 0 Å². The molecule has 25 heavy (non-hydrogen) atoms. The first-order chi connectivity index (χ1) is 12.1. The molecule has 1 aromatic carbocycles. The van der Waals surface area contributed by atoms with E-state index in [1.54, 1.807) is 4.90 Å². The highest BCUT2D eigenvalue weighted by Crippen LogP contribution is 2.28. The van der Waals surface area contributed by atoms with E-state index in [0.717, 1.165) is 35.5 Å². The molecule has 1 fully saturated rings. The second-order valence-electron chi connectivity index (χ2n) is 6.29. The van der Waals surface area contributed by atoms with Gasteiger partial charge >= 0.3 is 0 Å². The minimum absolute atomic E-state index is 0.0182. The van der Waals surface area contributed by atoms with Crippen molar-refractivity contribution in [2.45, 2.75) is 39.5 Å². The Balaban J connectivity index is 1.63. The molecular weight excluding hydrogens is 336 g/mol. The molecule has 1 aliphatic rings. The number of para-hydroxylation sites is 1. The van der Waals surface area contributed by atoms with E-state index in [1.807, 2.05) is 31.2 Å². The van der Waals surface area contributed by atoms with Crippen LogP contribution in [-0.2, 0) is 16.0 Å². The van der Waals surface area contributed by atoms with E-state index >= 15 is 0 Å². The van der Waals surface area contributed by atoms with Crippen molar-refractivity contribution in [1.82, 2.24) is 10.2 Å². The predicted octanol–water partition coefficient (Wildman–Crippen LogP) is 3.18. The molecule has 2 aromatic rings. The third kappa shape index (κ3) is 4.04. The fourth-order valence-electron chi connectivity index (χ4n) is 2.92. The number of unbranched alkanes of at least 4 members (excludes halogenated alkanes) is 1. The number of carbonyl (C=O) groups is 2. The van der Waals surface area contributed by atoms with Gasteiger partial charge in [0.2, 0.25) is 16.9 Å². The molecule has 0 bridgehead atoms. The molecule has 1 saturated heterocycles. The van der Waals surface area contributed by atoms with E-state index in [0.29, 0.717) is 11.7 Å². The molecule has 7 heteroatoms. The van der Waals surface area contributed by atoms with Gasteiger partial charge in [0.05, 0.1) is 5.92 Å². The Morgan fingerprint density at radius 3 is 2.92 bits per heavy atom. The summed E-state index contributed by atoms with van der Waals surface area (Å²) >= 11 is 1.41. The fourth-order valence-corrected chi connectivity index (χ4v) is 3.71. The lowest BCUT2D eigenvalue weighted by molar-refractivity contribution is -0.122. The highest BCUT2D eigenvalue weighted by atomic mass is 32.1. The first-order valence-corrected chi connectivity index (χ1v) is 9.39. The van der Waals surface area contributed by atoms with E-state index in [9.17, 15) is 9.59 Å². The van der Waals surface area contributed by atoms with Gasteiger partial charge in [-0.2, -0.15) is 0 Å². The number of nitrogens with one attached hydrogen (secondary N) is 1. The zero-order chi connectivity index (χ0) is 17.8. The van der Waals surface area contributed by atoms with Crippen molar-refractivity contribution in [1.29, 1.82) is 0 Å². The van der Waals surface area contributed by atoms with E-state index in [-0.39, 0.29) is 24.2 Å². The first-order valence-electron chi connectivity index (χ1n) is 8.57. The molecule has 0 spiro atoms. The summed E-state index contributed by atoms with van der Waals surface area (Å²) in [6, 6.07) is 7.73. The minimum Gasteiger partial charge on any atom is -0.311 e. The molecule has 132 valence electrons. The number of hydrogen-bond acceptors (Lipinski definition) is 5. The van der Waals surface area contributed by atoms with Crippen molar-refractivity contribution in [2.75, 3.05) is 16.8 Å². The topological polar surface area (TPSA) is 75.2 Å². The molecule has 1 atom stereocenters. The fraction of sp³-hybridized carbons (Fsp3) is 0.444. The van der Waals surface area contributed by atoms with Crippen molar-refractivity contribution >= 4 is 34.0 Å². The highest BCUT2D eigenvalue weighted by molar-refractivity contribution is 7.15. The molecule has 1 unspecified atom stereocenters. The average molecular weight is 358 g/mol. The largest absolute Gasteiger partial charge is 0.311 e. The highest BCUT2D eigenvalue weighted by Gasteiger charge is 2.35. The second-order valence-corrected chi connectivity index (χ2v) is 7.35. The molecular formula is C18H22N4O2S. The van der Waals surface area contributed by atoms with Crippen molar-refractivity contribution in [3.63, 3.8) is 0 Å². The molecule has 0 saturated carbocycles. The van der Waals surface area contributed by atoms with Gasteiger partial charge in [-0.25, -0.2) is 0 Å². The molecule has 1 aromatic heterocycles. The van der Waals surface area contributed by atoms with Crippen LogP contribution < -0.4 is 10.2 Å². The van der Waals surface area contributed by atoms with Gasteiger partial charge in [0, 0.05) is 25.1 Å². The van der Waals surface area contributed by atoms with Crippen molar-refractivity contribution in [3.05, 3.63) is 34.8 Å². The van der Waals surface area contributed by atoms with Gasteiger partial charge < -0.3 is 10.2 Å². The maximum Gasteiger partial charge on any atom is 0.231 e. The number of rotatable bonds is 6. The minimum atomic E-state index is -0.366. The molecule has 2 amide bonds. The van der Waals surface area contributed by atoms with Crippen LogP contribution in [0.3, 0.4) is 0 Å². The molecule has 2 heterocycles. The van der Waals surface area contributed by atoms with Gasteiger partial charge in [-0.15, -0.1) is 10.2 Å². The van der Waals surface area contributed by atoms with Gasteiger partial charge in [0.1, 0.15) is 5.01 Å². The van der Waals surface area contributed by atoms with Crippen LogP contribution in [0.2, 0.25) is 0 Å². The first kappa shape index (κ1) is 17.5. The lowest BCUT2D eigenvalue weighted by Gasteiger charge is -2.18. The standard InChI is InChI=1S/C18H22N4O2S/c1-3-4-9-15-20-21-18(25-15)19-17(24)13-10-16(23)22(11-13)14-8-6-5-7-12(14)2/h5-8,13H,3-4,9-11H2,1-2H3,(H,19,21,24). The lowest BCUT2D eigenvalue weighted by atomic mass is 10.1. The monoisotopic (exact) mass is 358 g/mol. The number of anilines is 2. The Morgan fingerprint density at radius 2 is 2.16 bits per heavy atom. The van der Waals surface area contributed by atoms with Gasteiger partial charge in [0.25, 0.3) is 0 Å². The van der Waals surface area contributed by atoms with Gasteiger partial charge in [-0.1, -0.05) is 42.9 Å². The zero-order valence-corrected chi connectivity index (χ0v) is 15.3. The van der Waals surface area contributed by atoms with Gasteiger partial charge in [-0.05, 0) is 25.0 Å². The van der Waals surface area contributed by atoms with Crippen molar-refractivity contribution in [3.8, 4) is 0 Å². The van der Waals surface area contributed by atoms with Crippen molar-refractivity contribution < 1.29 is 9.59 Å². The van der Waals surface area contributed by atoms with E-state index in [4.69, 9.17) is 0 Å². The third-order valence-corrected chi connectivity index (χ3v) is 5.24. The number of benzene rings is 1. The van der Waals surface area contributed by atoms with Crippen molar-refractivity contribution in [2.24, 2.45) is 5.92 Å². The molecule has 0 radical (unpaired) electrons. The summed E-state index contributed by atoms with van der Waals surface area (Å²) in [5, 5.41) is 12.4. The maximum absolute atomic E-state index is 12.5. The van der Waals surface area contributed by atoms with Crippen LogP contribution in [0, 0.1) is 12.8 Å². The summed E-state index contributed by atoms with van der Waals surface area (Å²) in [6.45, 7) is 4.49. The van der Waals surface area contributed by atoms with Crippen LogP contribution in [-0.4, -0.2) is 28.6 Å². The van der Waals surface area contributed by atoms with Crippen LogP contribution >= 0.6 is 11.3 Å². The van der Waals surface area contributed by atoms with E-state index < -0.39 is 0 Å². The molecule has 6 nitrogen and oxygen atoms in total. The Labute approximate surface area is 151 Å². The number of amides is 2. The zero-order valence-electron chi connectivity index (χ0n) is 14.5. The second kappa shape index (κ2) is 7.74. The summed E-state index contributed by atoms with van der Waals surface area (Å²) < 4.78 is 0. The Morgan fingerprint density at radius 1 is 1.36 bits per heavy atom. The lowest BCUT2D eigenvalue weighted by Crippen LogP contribution is -2.28. The Kier molecular flexibility index (Phi) is 5.43. The molecule has 0 aliphatic carbocycles. The summed E-state index contributed by atoms with van der Waals surface area (Å²) in [5.74, 6) is -0.548. The normalized spacial score (nSPS) is 17.1. The number of aryl methyl sites for hydroxylation is 2. The third-order valence-electron chi connectivity index (χ3n) is 4.34. The SMILES string of the molecule is CCCCc1nnc(NC(=O)C2CC(=O)N(c3ccccc3C)C2)s1.